The lowest BCUT2D eigenvalue weighted by molar-refractivity contribution is 0.412. The van der Waals surface area contributed by atoms with Crippen molar-refractivity contribution in [3.05, 3.63) is 85.8 Å². The Balaban J connectivity index is 1.16. The van der Waals surface area contributed by atoms with Gasteiger partial charge in [-0.1, -0.05) is 44.6 Å². The third-order valence-corrected chi connectivity index (χ3v) is 7.47. The molecular formula is C26H30Br2N6O. The van der Waals surface area contributed by atoms with Gasteiger partial charge in [0, 0.05) is 30.0 Å². The number of unbranched alkanes of at least 4 members (excludes halogenated alkanes) is 1. The molecule has 2 aromatic carbocycles. The number of nitrogens with zero attached hydrogens (tertiary/aromatic N) is 6. The summed E-state index contributed by atoms with van der Waals surface area (Å²) in [5.41, 5.74) is 5.86. The van der Waals surface area contributed by atoms with Crippen LogP contribution in [0.4, 0.5) is 0 Å². The highest BCUT2D eigenvalue weighted by atomic mass is 79.9. The summed E-state index contributed by atoms with van der Waals surface area (Å²) < 4.78 is 11.3. The second kappa shape index (κ2) is 12.4. The van der Waals surface area contributed by atoms with Crippen LogP contribution in [0.15, 0.2) is 57.7 Å². The van der Waals surface area contributed by atoms with E-state index in [1.165, 1.54) is 16.7 Å². The Morgan fingerprint density at radius 2 is 1.29 bits per heavy atom. The maximum absolute atomic E-state index is 5.29. The Labute approximate surface area is 223 Å². The second-order valence-corrected chi connectivity index (χ2v) is 10.4. The summed E-state index contributed by atoms with van der Waals surface area (Å²) in [5.74, 6) is 0.843. The molecule has 2 heterocycles. The third kappa shape index (κ3) is 7.48. The molecule has 0 aliphatic heterocycles. The quantitative estimate of drug-likeness (QED) is 0.193. The topological polar surface area (TPSA) is 70.7 Å². The van der Waals surface area contributed by atoms with E-state index in [-0.39, 0.29) is 0 Å². The van der Waals surface area contributed by atoms with Crippen molar-refractivity contribution in [1.82, 2.24) is 30.0 Å². The lowest BCUT2D eigenvalue weighted by Gasteiger charge is -2.06. The first kappa shape index (κ1) is 25.6. The van der Waals surface area contributed by atoms with E-state index < -0.39 is 0 Å². The molecule has 0 fully saturated rings. The van der Waals surface area contributed by atoms with Gasteiger partial charge in [0.05, 0.1) is 23.0 Å². The predicted octanol–water partition coefficient (Wildman–Crippen LogP) is 5.76. The van der Waals surface area contributed by atoms with Crippen LogP contribution >= 0.6 is 31.9 Å². The molecule has 0 saturated heterocycles. The van der Waals surface area contributed by atoms with E-state index in [1.54, 1.807) is 7.11 Å². The van der Waals surface area contributed by atoms with E-state index in [4.69, 9.17) is 4.74 Å². The maximum Gasteiger partial charge on any atom is 0.133 e. The Morgan fingerprint density at radius 3 is 1.80 bits per heavy atom. The fourth-order valence-electron chi connectivity index (χ4n) is 3.88. The van der Waals surface area contributed by atoms with E-state index in [1.807, 2.05) is 15.4 Å². The van der Waals surface area contributed by atoms with Gasteiger partial charge >= 0.3 is 0 Å². The Hall–Kier alpha value is -2.52. The first-order valence-electron chi connectivity index (χ1n) is 11.9. The number of halogens is 2. The fraction of sp³-hybridized carbons (Fsp3) is 0.385. The zero-order valence-electron chi connectivity index (χ0n) is 20.1. The SMILES string of the molecule is COc1ccc(CCn2cc(CCCCc3cn(CCc4ccc(C)c(Br)c4)nn3)nn2)cc1Br. The van der Waals surface area contributed by atoms with Crippen molar-refractivity contribution < 1.29 is 4.74 Å². The highest BCUT2D eigenvalue weighted by Gasteiger charge is 2.06. The normalized spacial score (nSPS) is 11.2. The van der Waals surface area contributed by atoms with Crippen molar-refractivity contribution in [1.29, 1.82) is 0 Å². The molecule has 184 valence electrons. The average Bonchev–Trinajstić information content (AvgIpc) is 3.51. The predicted molar refractivity (Wildman–Crippen MR) is 144 cm³/mol. The number of hydrogen-bond acceptors (Lipinski definition) is 5. The number of aryl methyl sites for hydroxylation is 7. The van der Waals surface area contributed by atoms with Crippen molar-refractivity contribution in [2.45, 2.75) is 58.5 Å². The zero-order valence-corrected chi connectivity index (χ0v) is 23.3. The highest BCUT2D eigenvalue weighted by molar-refractivity contribution is 9.10. The van der Waals surface area contributed by atoms with Crippen molar-refractivity contribution >= 4 is 31.9 Å². The minimum Gasteiger partial charge on any atom is -0.496 e. The van der Waals surface area contributed by atoms with Gasteiger partial charge in [0.1, 0.15) is 5.75 Å². The number of rotatable bonds is 12. The molecule has 35 heavy (non-hydrogen) atoms. The first-order valence-corrected chi connectivity index (χ1v) is 13.4. The summed E-state index contributed by atoms with van der Waals surface area (Å²) >= 11 is 7.15. The van der Waals surface area contributed by atoms with Gasteiger partial charge in [-0.05, 0) is 96.3 Å². The van der Waals surface area contributed by atoms with Gasteiger partial charge in [-0.2, -0.15) is 0 Å². The van der Waals surface area contributed by atoms with Crippen LogP contribution in [-0.2, 0) is 38.8 Å². The molecule has 0 unspecified atom stereocenters. The summed E-state index contributed by atoms with van der Waals surface area (Å²) in [6.07, 6.45) is 9.90. The second-order valence-electron chi connectivity index (χ2n) is 8.71. The van der Waals surface area contributed by atoms with E-state index in [0.29, 0.717) is 0 Å². The molecule has 0 aliphatic rings. The molecule has 7 nitrogen and oxygen atoms in total. The van der Waals surface area contributed by atoms with Crippen LogP contribution in [0.5, 0.6) is 5.75 Å². The smallest absolute Gasteiger partial charge is 0.133 e. The van der Waals surface area contributed by atoms with E-state index in [9.17, 15) is 0 Å². The summed E-state index contributed by atoms with van der Waals surface area (Å²) in [7, 11) is 1.67. The molecule has 0 aliphatic carbocycles. The molecule has 0 bridgehead atoms. The van der Waals surface area contributed by atoms with E-state index in [2.05, 4.69) is 102 Å². The van der Waals surface area contributed by atoms with Crippen molar-refractivity contribution in [2.24, 2.45) is 0 Å². The van der Waals surface area contributed by atoms with Crippen LogP contribution in [0.25, 0.3) is 0 Å². The van der Waals surface area contributed by atoms with Gasteiger partial charge in [0.25, 0.3) is 0 Å². The maximum atomic E-state index is 5.29. The standard InChI is InChI=1S/C26H30Br2N6O/c1-19-7-8-20(15-24(19)27)11-13-33-17-22(29-31-33)5-3-4-6-23-18-34(32-30-23)14-12-21-9-10-26(35-2)25(28)16-21/h7-10,15-18H,3-6,11-14H2,1-2H3. The summed E-state index contributed by atoms with van der Waals surface area (Å²) in [5, 5.41) is 17.3. The van der Waals surface area contributed by atoms with Crippen LogP contribution in [0.3, 0.4) is 0 Å². The van der Waals surface area contributed by atoms with Gasteiger partial charge in [0.15, 0.2) is 0 Å². The number of methoxy groups -OCH3 is 1. The Morgan fingerprint density at radius 1 is 0.743 bits per heavy atom. The molecule has 0 N–H and O–H groups in total. The number of benzene rings is 2. The Kier molecular flexibility index (Phi) is 9.09. The lowest BCUT2D eigenvalue weighted by Crippen LogP contribution is -2.02. The molecule has 2 aromatic heterocycles. The monoisotopic (exact) mass is 600 g/mol. The van der Waals surface area contributed by atoms with Gasteiger partial charge in [-0.25, -0.2) is 0 Å². The molecule has 0 saturated carbocycles. The zero-order chi connectivity index (χ0) is 24.6. The number of aromatic nitrogens is 6. The minimum absolute atomic E-state index is 0.800. The summed E-state index contributed by atoms with van der Waals surface area (Å²) in [4.78, 5) is 0. The lowest BCUT2D eigenvalue weighted by atomic mass is 10.1. The van der Waals surface area contributed by atoms with Crippen LogP contribution in [0.1, 0.15) is 40.9 Å². The van der Waals surface area contributed by atoms with Crippen LogP contribution in [0, 0.1) is 6.92 Å². The van der Waals surface area contributed by atoms with Gasteiger partial charge in [-0.3, -0.25) is 9.36 Å². The van der Waals surface area contributed by atoms with Crippen LogP contribution < -0.4 is 4.74 Å². The molecule has 0 atom stereocenters. The summed E-state index contributed by atoms with van der Waals surface area (Å²) in [6, 6.07) is 12.7. The van der Waals surface area contributed by atoms with Crippen LogP contribution in [0.2, 0.25) is 0 Å². The molecule has 4 aromatic rings. The highest BCUT2D eigenvalue weighted by Crippen LogP contribution is 2.25. The number of ether oxygens (including phenoxy) is 1. The summed E-state index contributed by atoms with van der Waals surface area (Å²) in [6.45, 7) is 3.73. The van der Waals surface area contributed by atoms with Gasteiger partial charge in [-0.15, -0.1) is 10.2 Å². The van der Waals surface area contributed by atoms with Gasteiger partial charge in [0.2, 0.25) is 0 Å². The minimum atomic E-state index is 0.800. The molecule has 0 radical (unpaired) electrons. The van der Waals surface area contributed by atoms with Crippen molar-refractivity contribution in [3.63, 3.8) is 0 Å². The molecule has 4 rings (SSSR count). The van der Waals surface area contributed by atoms with Crippen molar-refractivity contribution in [3.8, 4) is 5.75 Å². The largest absolute Gasteiger partial charge is 0.496 e. The molecule has 0 spiro atoms. The fourth-order valence-corrected chi connectivity index (χ4v) is 4.90. The van der Waals surface area contributed by atoms with E-state index >= 15 is 0 Å². The first-order chi connectivity index (χ1) is 17.0. The van der Waals surface area contributed by atoms with E-state index in [0.717, 1.165) is 77.7 Å². The Bertz CT molecular complexity index is 1250. The molecule has 9 heteroatoms. The number of hydrogen-bond donors (Lipinski definition) is 0. The van der Waals surface area contributed by atoms with Crippen molar-refractivity contribution in [2.75, 3.05) is 7.11 Å². The van der Waals surface area contributed by atoms with Gasteiger partial charge < -0.3 is 4.74 Å². The molecular weight excluding hydrogens is 572 g/mol. The third-order valence-electron chi connectivity index (χ3n) is 6.00. The molecule has 0 amide bonds. The van der Waals surface area contributed by atoms with Crippen LogP contribution in [-0.4, -0.2) is 37.1 Å². The average molecular weight is 602 g/mol.